The molecule has 0 aliphatic rings. The first-order chi connectivity index (χ1) is 5.08. The standard InChI is InChI=1S/C9H15NO/c1-9(2,3)7-10-8-5-4-6-11-8/h4-6,10H,7H2,1-3H3. The Hall–Kier alpha value is -0.920. The van der Waals surface area contributed by atoms with Gasteiger partial charge in [-0.2, -0.15) is 0 Å². The molecule has 2 nitrogen and oxygen atoms in total. The van der Waals surface area contributed by atoms with Gasteiger partial charge in [0.2, 0.25) is 0 Å². The minimum atomic E-state index is 0.298. The fraction of sp³-hybridized carbons (Fsp3) is 0.556. The Morgan fingerprint density at radius 2 is 2.18 bits per heavy atom. The van der Waals surface area contributed by atoms with Gasteiger partial charge in [-0.25, -0.2) is 0 Å². The molecule has 0 aliphatic heterocycles. The van der Waals surface area contributed by atoms with Gasteiger partial charge >= 0.3 is 0 Å². The van der Waals surface area contributed by atoms with E-state index in [1.807, 2.05) is 12.1 Å². The van der Waals surface area contributed by atoms with Gasteiger partial charge < -0.3 is 9.73 Å². The van der Waals surface area contributed by atoms with E-state index in [4.69, 9.17) is 4.42 Å². The average molecular weight is 153 g/mol. The van der Waals surface area contributed by atoms with Crippen molar-refractivity contribution in [3.63, 3.8) is 0 Å². The van der Waals surface area contributed by atoms with Crippen LogP contribution in [0, 0.1) is 5.41 Å². The van der Waals surface area contributed by atoms with E-state index in [1.165, 1.54) is 0 Å². The van der Waals surface area contributed by atoms with Gasteiger partial charge in [0.15, 0.2) is 5.88 Å². The van der Waals surface area contributed by atoms with E-state index in [-0.39, 0.29) is 0 Å². The number of nitrogens with one attached hydrogen (secondary N) is 1. The lowest BCUT2D eigenvalue weighted by Crippen LogP contribution is -2.18. The summed E-state index contributed by atoms with van der Waals surface area (Å²) in [4.78, 5) is 0. The molecule has 0 amide bonds. The van der Waals surface area contributed by atoms with Gasteiger partial charge in [0, 0.05) is 12.6 Å². The molecule has 1 N–H and O–H groups in total. The predicted molar refractivity (Wildman–Crippen MR) is 46.7 cm³/mol. The van der Waals surface area contributed by atoms with Crippen molar-refractivity contribution >= 4 is 5.88 Å². The Bertz CT molecular complexity index is 196. The summed E-state index contributed by atoms with van der Waals surface area (Å²) in [6.45, 7) is 7.48. The van der Waals surface area contributed by atoms with Crippen molar-refractivity contribution in [2.75, 3.05) is 11.9 Å². The molecule has 62 valence electrons. The van der Waals surface area contributed by atoms with E-state index < -0.39 is 0 Å². The Balaban J connectivity index is 2.35. The van der Waals surface area contributed by atoms with E-state index in [1.54, 1.807) is 6.26 Å². The fourth-order valence-corrected chi connectivity index (χ4v) is 0.731. The molecule has 0 radical (unpaired) electrons. The van der Waals surface area contributed by atoms with Crippen molar-refractivity contribution in [1.29, 1.82) is 0 Å². The quantitative estimate of drug-likeness (QED) is 0.706. The van der Waals surface area contributed by atoms with Gasteiger partial charge in [-0.3, -0.25) is 0 Å². The van der Waals surface area contributed by atoms with Crippen LogP contribution in [0.25, 0.3) is 0 Å². The van der Waals surface area contributed by atoms with Crippen LogP contribution in [-0.4, -0.2) is 6.54 Å². The summed E-state index contributed by atoms with van der Waals surface area (Å²) in [5.74, 6) is 0.847. The third-order valence-corrected chi connectivity index (χ3v) is 1.31. The molecule has 0 aromatic carbocycles. The van der Waals surface area contributed by atoms with Crippen molar-refractivity contribution < 1.29 is 4.42 Å². The number of hydrogen-bond acceptors (Lipinski definition) is 2. The van der Waals surface area contributed by atoms with Crippen molar-refractivity contribution in [3.05, 3.63) is 18.4 Å². The second kappa shape index (κ2) is 2.99. The molecule has 0 saturated carbocycles. The first-order valence-electron chi connectivity index (χ1n) is 3.85. The minimum absolute atomic E-state index is 0.298. The molecular formula is C9H15NO. The summed E-state index contributed by atoms with van der Waals surface area (Å²) in [6, 6.07) is 3.80. The maximum Gasteiger partial charge on any atom is 0.192 e. The lowest BCUT2D eigenvalue weighted by atomic mass is 9.97. The molecule has 0 fully saturated rings. The SMILES string of the molecule is CC(C)(C)CNc1ccco1. The van der Waals surface area contributed by atoms with Crippen molar-refractivity contribution in [2.24, 2.45) is 5.41 Å². The van der Waals surface area contributed by atoms with Crippen LogP contribution in [0.3, 0.4) is 0 Å². The average Bonchev–Trinajstić information content (AvgIpc) is 2.32. The van der Waals surface area contributed by atoms with Crippen LogP contribution in [0.4, 0.5) is 5.88 Å². The zero-order chi connectivity index (χ0) is 8.32. The topological polar surface area (TPSA) is 25.2 Å². The van der Waals surface area contributed by atoms with Crippen LogP contribution in [0.1, 0.15) is 20.8 Å². The zero-order valence-corrected chi connectivity index (χ0v) is 7.35. The highest BCUT2D eigenvalue weighted by Gasteiger charge is 2.09. The highest BCUT2D eigenvalue weighted by Crippen LogP contribution is 2.15. The first kappa shape index (κ1) is 8.18. The lowest BCUT2D eigenvalue weighted by molar-refractivity contribution is 0.435. The van der Waals surface area contributed by atoms with Crippen molar-refractivity contribution in [1.82, 2.24) is 0 Å². The van der Waals surface area contributed by atoms with Gasteiger partial charge in [-0.05, 0) is 11.5 Å². The summed E-state index contributed by atoms with van der Waals surface area (Å²) in [5.41, 5.74) is 0.298. The first-order valence-corrected chi connectivity index (χ1v) is 3.85. The van der Waals surface area contributed by atoms with Crippen LogP contribution in [0.5, 0.6) is 0 Å². The third kappa shape index (κ3) is 3.12. The number of anilines is 1. The predicted octanol–water partition coefficient (Wildman–Crippen LogP) is 2.74. The molecular weight excluding hydrogens is 138 g/mol. The maximum absolute atomic E-state index is 5.12. The Morgan fingerprint density at radius 3 is 2.64 bits per heavy atom. The van der Waals surface area contributed by atoms with Gasteiger partial charge in [0.25, 0.3) is 0 Å². The van der Waals surface area contributed by atoms with Crippen LogP contribution in [0.15, 0.2) is 22.8 Å². The van der Waals surface area contributed by atoms with E-state index in [2.05, 4.69) is 26.1 Å². The van der Waals surface area contributed by atoms with Crippen LogP contribution < -0.4 is 5.32 Å². The van der Waals surface area contributed by atoms with Gasteiger partial charge in [-0.1, -0.05) is 20.8 Å². The molecule has 0 spiro atoms. The van der Waals surface area contributed by atoms with Crippen molar-refractivity contribution in [3.8, 4) is 0 Å². The van der Waals surface area contributed by atoms with Crippen LogP contribution >= 0.6 is 0 Å². The van der Waals surface area contributed by atoms with E-state index in [0.717, 1.165) is 12.4 Å². The summed E-state index contributed by atoms with van der Waals surface area (Å²) in [7, 11) is 0. The molecule has 0 bridgehead atoms. The second-order valence-electron chi connectivity index (χ2n) is 3.89. The Morgan fingerprint density at radius 1 is 1.45 bits per heavy atom. The molecule has 0 aliphatic carbocycles. The highest BCUT2D eigenvalue weighted by atomic mass is 16.3. The molecule has 0 atom stereocenters. The fourth-order valence-electron chi connectivity index (χ4n) is 0.731. The summed E-state index contributed by atoms with van der Waals surface area (Å²) >= 11 is 0. The van der Waals surface area contributed by atoms with Gasteiger partial charge in [-0.15, -0.1) is 0 Å². The molecule has 1 aromatic rings. The monoisotopic (exact) mass is 153 g/mol. The molecule has 0 saturated heterocycles. The molecule has 1 aromatic heterocycles. The molecule has 0 unspecified atom stereocenters. The largest absolute Gasteiger partial charge is 0.449 e. The Labute approximate surface area is 67.6 Å². The zero-order valence-electron chi connectivity index (χ0n) is 7.35. The van der Waals surface area contributed by atoms with E-state index in [0.29, 0.717) is 5.41 Å². The van der Waals surface area contributed by atoms with Crippen LogP contribution in [-0.2, 0) is 0 Å². The molecule has 1 rings (SSSR count). The number of hydrogen-bond donors (Lipinski definition) is 1. The van der Waals surface area contributed by atoms with E-state index in [9.17, 15) is 0 Å². The normalized spacial score (nSPS) is 11.5. The summed E-state index contributed by atoms with van der Waals surface area (Å²) in [5, 5.41) is 3.20. The van der Waals surface area contributed by atoms with E-state index >= 15 is 0 Å². The lowest BCUT2D eigenvalue weighted by Gasteiger charge is -2.17. The third-order valence-electron chi connectivity index (χ3n) is 1.31. The number of furan rings is 1. The molecule has 1 heterocycles. The second-order valence-corrected chi connectivity index (χ2v) is 3.89. The highest BCUT2D eigenvalue weighted by molar-refractivity contribution is 5.29. The van der Waals surface area contributed by atoms with Gasteiger partial charge in [0.05, 0.1) is 6.26 Å². The summed E-state index contributed by atoms with van der Waals surface area (Å²) in [6.07, 6.45) is 1.67. The molecule has 11 heavy (non-hydrogen) atoms. The van der Waals surface area contributed by atoms with Gasteiger partial charge in [0.1, 0.15) is 0 Å². The Kier molecular flexibility index (Phi) is 2.22. The van der Waals surface area contributed by atoms with Crippen LogP contribution in [0.2, 0.25) is 0 Å². The molecule has 2 heteroatoms. The maximum atomic E-state index is 5.12. The minimum Gasteiger partial charge on any atom is -0.449 e. The summed E-state index contributed by atoms with van der Waals surface area (Å²) < 4.78 is 5.12. The smallest absolute Gasteiger partial charge is 0.192 e. The van der Waals surface area contributed by atoms with Crippen molar-refractivity contribution in [2.45, 2.75) is 20.8 Å². The number of rotatable bonds is 2.